The number of carbonyl (C=O) groups is 1. The van der Waals surface area contributed by atoms with Crippen LogP contribution in [0, 0.1) is 6.92 Å². The molecule has 0 aliphatic rings. The number of esters is 1. The molecule has 1 N–H and O–H groups in total. The number of H-pyrrole nitrogens is 1. The van der Waals surface area contributed by atoms with Gasteiger partial charge in [0.05, 0.1) is 23.2 Å². The number of aromatic nitrogens is 2. The Kier molecular flexibility index (Phi) is 5.80. The van der Waals surface area contributed by atoms with Crippen molar-refractivity contribution in [3.05, 3.63) is 94.8 Å². The van der Waals surface area contributed by atoms with Crippen molar-refractivity contribution < 1.29 is 14.3 Å². The maximum Gasteiger partial charge on any atom is 0.338 e. The summed E-state index contributed by atoms with van der Waals surface area (Å²) in [5.41, 5.74) is 5.49. The third-order valence-electron chi connectivity index (χ3n) is 4.86. The minimum absolute atomic E-state index is 0.322. The zero-order chi connectivity index (χ0) is 20.9. The first-order valence-corrected chi connectivity index (χ1v) is 10.0. The van der Waals surface area contributed by atoms with Gasteiger partial charge in [-0.1, -0.05) is 42.5 Å². The molecule has 3 aromatic carbocycles. The van der Waals surface area contributed by atoms with Crippen LogP contribution in [0.4, 0.5) is 0 Å². The third-order valence-corrected chi connectivity index (χ3v) is 4.86. The number of ether oxygens (including phenoxy) is 2. The largest absolute Gasteiger partial charge is 0.489 e. The Balaban J connectivity index is 1.53. The van der Waals surface area contributed by atoms with Crippen LogP contribution >= 0.6 is 0 Å². The van der Waals surface area contributed by atoms with Crippen molar-refractivity contribution in [2.45, 2.75) is 26.9 Å². The number of imidazole rings is 1. The van der Waals surface area contributed by atoms with Crippen LogP contribution in [0.3, 0.4) is 0 Å². The zero-order valence-electron chi connectivity index (χ0n) is 17.1. The molecule has 0 aliphatic carbocycles. The minimum atomic E-state index is -0.322. The average molecular weight is 400 g/mol. The van der Waals surface area contributed by atoms with Gasteiger partial charge < -0.3 is 14.5 Å². The van der Waals surface area contributed by atoms with Gasteiger partial charge >= 0.3 is 5.97 Å². The number of rotatable bonds is 7. The molecule has 1 heterocycles. The summed E-state index contributed by atoms with van der Waals surface area (Å²) in [5, 5.41) is 0. The molecular weight excluding hydrogens is 376 g/mol. The smallest absolute Gasteiger partial charge is 0.338 e. The standard InChI is InChI=1S/C25H24N2O3/c1-3-29-25(28)21-14-20(24-23(15-21)26-17(2)27-24)13-18-9-11-22(12-10-18)30-16-19-7-5-4-6-8-19/h4-12,14-15H,3,13,16H2,1-2H3,(H,26,27). The second kappa shape index (κ2) is 8.82. The van der Waals surface area contributed by atoms with Crippen LogP contribution in [-0.2, 0) is 17.8 Å². The van der Waals surface area contributed by atoms with Crippen LogP contribution in [0.5, 0.6) is 5.75 Å². The number of carbonyl (C=O) groups excluding carboxylic acids is 1. The molecule has 4 rings (SSSR count). The van der Waals surface area contributed by atoms with Crippen molar-refractivity contribution >= 4 is 17.0 Å². The van der Waals surface area contributed by atoms with Gasteiger partial charge in [0.1, 0.15) is 18.2 Å². The van der Waals surface area contributed by atoms with Gasteiger partial charge in [0.2, 0.25) is 0 Å². The number of benzene rings is 3. The molecule has 0 unspecified atom stereocenters. The zero-order valence-corrected chi connectivity index (χ0v) is 17.1. The van der Waals surface area contributed by atoms with Gasteiger partial charge in [0, 0.05) is 0 Å². The highest BCUT2D eigenvalue weighted by Crippen LogP contribution is 2.24. The van der Waals surface area contributed by atoms with Crippen molar-refractivity contribution in [3.63, 3.8) is 0 Å². The summed E-state index contributed by atoms with van der Waals surface area (Å²) in [6, 6.07) is 21.8. The van der Waals surface area contributed by atoms with Crippen molar-refractivity contribution in [3.8, 4) is 5.75 Å². The van der Waals surface area contributed by atoms with Crippen LogP contribution in [0.2, 0.25) is 0 Å². The van der Waals surface area contributed by atoms with Gasteiger partial charge in [-0.3, -0.25) is 0 Å². The van der Waals surface area contributed by atoms with Crippen LogP contribution in [0.15, 0.2) is 66.7 Å². The number of hydrogen-bond acceptors (Lipinski definition) is 4. The monoisotopic (exact) mass is 400 g/mol. The first kappa shape index (κ1) is 19.7. The van der Waals surface area contributed by atoms with Crippen molar-refractivity contribution in [1.82, 2.24) is 9.97 Å². The fourth-order valence-corrected chi connectivity index (χ4v) is 3.44. The Morgan fingerprint density at radius 1 is 1.00 bits per heavy atom. The SMILES string of the molecule is CCOC(=O)c1cc(Cc2ccc(OCc3ccccc3)cc2)c2nc(C)[nH]c2c1. The second-order valence-corrected chi connectivity index (χ2v) is 7.17. The van der Waals surface area contributed by atoms with Gasteiger partial charge in [0.15, 0.2) is 0 Å². The van der Waals surface area contributed by atoms with E-state index in [1.807, 2.05) is 67.6 Å². The topological polar surface area (TPSA) is 64.2 Å². The molecule has 0 amide bonds. The maximum absolute atomic E-state index is 12.3. The molecule has 30 heavy (non-hydrogen) atoms. The fraction of sp³-hybridized carbons (Fsp3) is 0.200. The molecule has 0 bridgehead atoms. The minimum Gasteiger partial charge on any atom is -0.489 e. The third kappa shape index (κ3) is 4.51. The Bertz CT molecular complexity index is 1150. The highest BCUT2D eigenvalue weighted by atomic mass is 16.5. The summed E-state index contributed by atoms with van der Waals surface area (Å²) >= 11 is 0. The molecule has 0 spiro atoms. The highest BCUT2D eigenvalue weighted by molar-refractivity contribution is 5.95. The molecule has 5 nitrogen and oxygen atoms in total. The van der Waals surface area contributed by atoms with Crippen LogP contribution in [-0.4, -0.2) is 22.5 Å². The summed E-state index contributed by atoms with van der Waals surface area (Å²) < 4.78 is 11.0. The van der Waals surface area contributed by atoms with E-state index in [4.69, 9.17) is 9.47 Å². The summed E-state index contributed by atoms with van der Waals surface area (Å²) in [5.74, 6) is 1.32. The van der Waals surface area contributed by atoms with E-state index in [1.54, 1.807) is 13.0 Å². The maximum atomic E-state index is 12.3. The highest BCUT2D eigenvalue weighted by Gasteiger charge is 2.14. The lowest BCUT2D eigenvalue weighted by atomic mass is 10.0. The van der Waals surface area contributed by atoms with Crippen molar-refractivity contribution in [2.24, 2.45) is 0 Å². The molecule has 4 aromatic rings. The van der Waals surface area contributed by atoms with E-state index >= 15 is 0 Å². The van der Waals surface area contributed by atoms with Gasteiger partial charge in [-0.15, -0.1) is 0 Å². The lowest BCUT2D eigenvalue weighted by molar-refractivity contribution is 0.0526. The predicted octanol–water partition coefficient (Wildman–Crippen LogP) is 5.22. The summed E-state index contributed by atoms with van der Waals surface area (Å²) in [6.45, 7) is 4.60. The van der Waals surface area contributed by atoms with Gasteiger partial charge in [-0.05, 0) is 61.2 Å². The summed E-state index contributed by atoms with van der Waals surface area (Å²) in [7, 11) is 0. The number of hydrogen-bond donors (Lipinski definition) is 1. The molecule has 0 saturated carbocycles. The first-order chi connectivity index (χ1) is 14.6. The normalized spacial score (nSPS) is 10.9. The molecule has 0 radical (unpaired) electrons. The van der Waals surface area contributed by atoms with E-state index in [1.165, 1.54) is 0 Å². The predicted molar refractivity (Wildman–Crippen MR) is 117 cm³/mol. The second-order valence-electron chi connectivity index (χ2n) is 7.17. The summed E-state index contributed by atoms with van der Waals surface area (Å²) in [6.07, 6.45) is 0.660. The lowest BCUT2D eigenvalue weighted by Crippen LogP contribution is -2.05. The van der Waals surface area contributed by atoms with E-state index in [0.29, 0.717) is 25.2 Å². The van der Waals surface area contributed by atoms with Crippen LogP contribution in [0.1, 0.15) is 39.8 Å². The molecule has 5 heteroatoms. The molecule has 0 atom stereocenters. The van der Waals surface area contributed by atoms with Crippen molar-refractivity contribution in [2.75, 3.05) is 6.61 Å². The number of aromatic amines is 1. The van der Waals surface area contributed by atoms with E-state index in [-0.39, 0.29) is 5.97 Å². The Labute approximate surface area is 175 Å². The molecule has 0 aliphatic heterocycles. The van der Waals surface area contributed by atoms with Gasteiger partial charge in [0.25, 0.3) is 0 Å². The molecule has 0 saturated heterocycles. The van der Waals surface area contributed by atoms with Crippen LogP contribution in [0.25, 0.3) is 11.0 Å². The van der Waals surface area contributed by atoms with E-state index < -0.39 is 0 Å². The quantitative estimate of drug-likeness (QED) is 0.432. The van der Waals surface area contributed by atoms with E-state index in [2.05, 4.69) is 9.97 Å². The lowest BCUT2D eigenvalue weighted by Gasteiger charge is -2.09. The van der Waals surface area contributed by atoms with E-state index in [0.717, 1.165) is 39.3 Å². The Morgan fingerprint density at radius 2 is 1.77 bits per heavy atom. The molecule has 152 valence electrons. The Morgan fingerprint density at radius 3 is 2.50 bits per heavy atom. The average Bonchev–Trinajstić information content (AvgIpc) is 3.14. The number of fused-ring (bicyclic) bond motifs is 1. The van der Waals surface area contributed by atoms with Gasteiger partial charge in [-0.25, -0.2) is 9.78 Å². The van der Waals surface area contributed by atoms with E-state index in [9.17, 15) is 4.79 Å². The molecular formula is C25H24N2O3. The van der Waals surface area contributed by atoms with Crippen molar-refractivity contribution in [1.29, 1.82) is 0 Å². The van der Waals surface area contributed by atoms with Gasteiger partial charge in [-0.2, -0.15) is 0 Å². The fourth-order valence-electron chi connectivity index (χ4n) is 3.44. The summed E-state index contributed by atoms with van der Waals surface area (Å²) in [4.78, 5) is 20.1. The Hall–Kier alpha value is -3.60. The molecule has 0 fully saturated rings. The first-order valence-electron chi connectivity index (χ1n) is 10.0. The van der Waals surface area contributed by atoms with Crippen LogP contribution < -0.4 is 4.74 Å². The number of aryl methyl sites for hydroxylation is 1. The number of nitrogens with one attached hydrogen (secondary N) is 1. The molecule has 1 aromatic heterocycles. The number of nitrogens with zero attached hydrogens (tertiary/aromatic N) is 1.